The van der Waals surface area contributed by atoms with Crippen LogP contribution in [0, 0.1) is 0 Å². The molecule has 348 valence electrons. The van der Waals surface area contributed by atoms with E-state index in [1.54, 1.807) is 0 Å². The van der Waals surface area contributed by atoms with Gasteiger partial charge in [0.1, 0.15) is 15.2 Å². The molecule has 0 spiro atoms. The second kappa shape index (κ2) is 51.1. The molecule has 0 aromatic carbocycles. The molecule has 2 unspecified atom stereocenters. The summed E-state index contributed by atoms with van der Waals surface area (Å²) in [5.74, 6) is 0. The molecule has 0 rings (SSSR count). The van der Waals surface area contributed by atoms with Crippen LogP contribution in [0.5, 0.6) is 0 Å². The van der Waals surface area contributed by atoms with E-state index in [4.69, 9.17) is 9.05 Å². The SMILES string of the molecule is CCCCCCCCCCCCOP(=O)([O-])CCCCCCCCCCCC.CCCCCCCCCCCCOP(=O)([O-])CCCCCCCCCCCC.[Ni+2]. The molecule has 57 heavy (non-hydrogen) atoms. The average Bonchev–Trinajstić information content (AvgIpc) is 3.17. The van der Waals surface area contributed by atoms with E-state index >= 15 is 0 Å². The van der Waals surface area contributed by atoms with Gasteiger partial charge in [-0.1, -0.05) is 259 Å². The fourth-order valence-corrected chi connectivity index (χ4v) is 9.60. The van der Waals surface area contributed by atoms with Crippen LogP contribution in [0.4, 0.5) is 0 Å². The fourth-order valence-electron chi connectivity index (χ4n) is 7.30. The molecule has 0 aliphatic carbocycles. The summed E-state index contributed by atoms with van der Waals surface area (Å²) in [5, 5.41) is 0. The van der Waals surface area contributed by atoms with Crippen molar-refractivity contribution in [3.05, 3.63) is 0 Å². The third-order valence-electron chi connectivity index (χ3n) is 11.1. The van der Waals surface area contributed by atoms with Crippen LogP contribution >= 0.6 is 15.2 Å². The van der Waals surface area contributed by atoms with Gasteiger partial charge in [0.2, 0.25) is 0 Å². The van der Waals surface area contributed by atoms with Crippen molar-refractivity contribution in [2.24, 2.45) is 0 Å². The first kappa shape index (κ1) is 62.1. The van der Waals surface area contributed by atoms with Gasteiger partial charge in [-0.2, -0.15) is 0 Å². The molecule has 0 fully saturated rings. The first-order chi connectivity index (χ1) is 27.2. The Hall–Kier alpha value is 0.794. The van der Waals surface area contributed by atoms with Gasteiger partial charge in [0.25, 0.3) is 0 Å². The molecule has 0 aromatic rings. The van der Waals surface area contributed by atoms with E-state index in [2.05, 4.69) is 27.7 Å². The predicted octanol–water partition coefficient (Wildman–Crippen LogP) is 16.8. The molecular weight excluding hydrogens is 793 g/mol. The standard InChI is InChI=1S/2C24H51O3P.Ni/c2*1-3-5-7-9-11-13-15-17-19-21-23-27-28(25,26)24-22-20-18-16-14-12-10-8-6-4-2;/h2*3-24H2,1-2H3,(H,25,26);/q;;+2/p-2. The molecular formula is C48H100NiO6P2. The summed E-state index contributed by atoms with van der Waals surface area (Å²) >= 11 is 0. The van der Waals surface area contributed by atoms with Crippen molar-refractivity contribution in [3.63, 3.8) is 0 Å². The van der Waals surface area contributed by atoms with Gasteiger partial charge in [0.15, 0.2) is 0 Å². The molecule has 6 nitrogen and oxygen atoms in total. The van der Waals surface area contributed by atoms with Crippen molar-refractivity contribution in [3.8, 4) is 0 Å². The summed E-state index contributed by atoms with van der Waals surface area (Å²) in [6, 6.07) is 0. The van der Waals surface area contributed by atoms with Gasteiger partial charge in [0.05, 0.1) is 13.2 Å². The second-order valence-electron chi connectivity index (χ2n) is 17.1. The Balaban J connectivity index is -0.00000101. The molecule has 2 atom stereocenters. The van der Waals surface area contributed by atoms with E-state index < -0.39 is 15.2 Å². The van der Waals surface area contributed by atoms with Crippen LogP contribution in [0.1, 0.15) is 285 Å². The molecule has 0 saturated carbocycles. The normalized spacial score (nSPS) is 13.4. The Morgan fingerprint density at radius 2 is 0.439 bits per heavy atom. The minimum atomic E-state index is -3.59. The van der Waals surface area contributed by atoms with Gasteiger partial charge in [-0.25, -0.2) is 0 Å². The van der Waals surface area contributed by atoms with Crippen molar-refractivity contribution in [1.82, 2.24) is 0 Å². The maximum atomic E-state index is 11.9. The van der Waals surface area contributed by atoms with Gasteiger partial charge in [-0.3, -0.25) is 0 Å². The Morgan fingerprint density at radius 1 is 0.281 bits per heavy atom. The van der Waals surface area contributed by atoms with Gasteiger partial charge < -0.3 is 28.0 Å². The van der Waals surface area contributed by atoms with E-state index in [1.165, 1.54) is 193 Å². The first-order valence-electron chi connectivity index (χ1n) is 25.1. The molecule has 9 heteroatoms. The average molecular weight is 894 g/mol. The zero-order chi connectivity index (χ0) is 41.5. The zero-order valence-electron chi connectivity index (χ0n) is 38.8. The third kappa shape index (κ3) is 56.8. The Kier molecular flexibility index (Phi) is 55.7. The van der Waals surface area contributed by atoms with Crippen molar-refractivity contribution in [2.75, 3.05) is 25.5 Å². The van der Waals surface area contributed by atoms with Crippen molar-refractivity contribution in [1.29, 1.82) is 0 Å². The minimum Gasteiger partial charge on any atom is -0.778 e. The summed E-state index contributed by atoms with van der Waals surface area (Å²) in [7, 11) is -7.19. The summed E-state index contributed by atoms with van der Waals surface area (Å²) < 4.78 is 34.2. The monoisotopic (exact) mass is 893 g/mol. The number of rotatable bonds is 46. The number of hydrogen-bond acceptors (Lipinski definition) is 6. The van der Waals surface area contributed by atoms with Gasteiger partial charge in [0, 0.05) is 12.3 Å². The van der Waals surface area contributed by atoms with Gasteiger partial charge in [-0.15, -0.1) is 0 Å². The van der Waals surface area contributed by atoms with Crippen LogP contribution in [0.25, 0.3) is 0 Å². The molecule has 0 amide bonds. The molecule has 0 heterocycles. The topological polar surface area (TPSA) is 98.7 Å². The maximum absolute atomic E-state index is 11.9. The van der Waals surface area contributed by atoms with E-state index in [0.717, 1.165) is 64.2 Å². The van der Waals surface area contributed by atoms with Crippen molar-refractivity contribution >= 4 is 15.2 Å². The van der Waals surface area contributed by atoms with Crippen LogP contribution in [0.2, 0.25) is 0 Å². The Morgan fingerprint density at radius 3 is 0.632 bits per heavy atom. The molecule has 0 N–H and O–H groups in total. The summed E-state index contributed by atoms with van der Waals surface area (Å²) in [6.07, 6.45) is 49.9. The third-order valence-corrected chi connectivity index (χ3v) is 14.0. The zero-order valence-corrected chi connectivity index (χ0v) is 41.5. The molecule has 0 aliphatic rings. The summed E-state index contributed by atoms with van der Waals surface area (Å²) in [4.78, 5) is 23.9. The Bertz CT molecular complexity index is 767. The molecule has 0 aliphatic heterocycles. The maximum Gasteiger partial charge on any atom is 2.00 e. The van der Waals surface area contributed by atoms with Crippen LogP contribution in [-0.2, 0) is 34.7 Å². The van der Waals surface area contributed by atoms with Crippen LogP contribution in [0.3, 0.4) is 0 Å². The number of unbranched alkanes of at least 4 members (excludes halogenated alkanes) is 36. The molecule has 0 radical (unpaired) electrons. The largest absolute Gasteiger partial charge is 2.00 e. The predicted molar refractivity (Wildman–Crippen MR) is 244 cm³/mol. The second-order valence-corrected chi connectivity index (χ2v) is 20.9. The Labute approximate surface area is 368 Å². The van der Waals surface area contributed by atoms with Crippen LogP contribution < -0.4 is 9.79 Å². The van der Waals surface area contributed by atoms with E-state index in [-0.39, 0.29) is 28.8 Å². The number of hydrogen-bond donors (Lipinski definition) is 0. The van der Waals surface area contributed by atoms with Crippen molar-refractivity contribution in [2.45, 2.75) is 285 Å². The van der Waals surface area contributed by atoms with Crippen LogP contribution in [-0.4, -0.2) is 25.5 Å². The quantitative estimate of drug-likeness (QED) is 0.0343. The molecule has 0 aromatic heterocycles. The fraction of sp³-hybridized carbons (Fsp3) is 1.00. The van der Waals surface area contributed by atoms with Crippen LogP contribution in [0.15, 0.2) is 0 Å². The van der Waals surface area contributed by atoms with E-state index in [0.29, 0.717) is 13.2 Å². The van der Waals surface area contributed by atoms with Gasteiger partial charge >= 0.3 is 16.5 Å². The molecule has 0 saturated heterocycles. The summed E-state index contributed by atoms with van der Waals surface area (Å²) in [5.41, 5.74) is 0. The smallest absolute Gasteiger partial charge is 0.778 e. The molecule has 0 bridgehead atoms. The van der Waals surface area contributed by atoms with E-state index in [1.807, 2.05) is 0 Å². The van der Waals surface area contributed by atoms with E-state index in [9.17, 15) is 18.9 Å². The summed E-state index contributed by atoms with van der Waals surface area (Å²) in [6.45, 7) is 9.76. The minimum absolute atomic E-state index is 0. The van der Waals surface area contributed by atoms with Gasteiger partial charge in [-0.05, 0) is 25.7 Å². The van der Waals surface area contributed by atoms with Crippen molar-refractivity contribution < 1.29 is 44.5 Å². The first-order valence-corrected chi connectivity index (χ1v) is 28.6.